The van der Waals surface area contributed by atoms with Crippen LogP contribution in [0.4, 0.5) is 0 Å². The fourth-order valence-electron chi connectivity index (χ4n) is 4.14. The summed E-state index contributed by atoms with van der Waals surface area (Å²) in [6.07, 6.45) is 5.09. The van der Waals surface area contributed by atoms with Crippen molar-refractivity contribution in [1.29, 1.82) is 0 Å². The number of fused-ring (bicyclic) bond motifs is 1. The predicted octanol–water partition coefficient (Wildman–Crippen LogP) is 7.15. The Morgan fingerprint density at radius 3 is 2.63 bits per heavy atom. The smallest absolute Gasteiger partial charge is 0.120 e. The Hall–Kier alpha value is -2.06. The molecule has 27 heavy (non-hydrogen) atoms. The minimum atomic E-state index is 0.624. The zero-order valence-corrected chi connectivity index (χ0v) is 17.1. The SMILES string of the molecule is CC(C)CC1CCc2cc(OCc3ccc(-c4cccs4)cc3)ccc2C1. The van der Waals surface area contributed by atoms with Gasteiger partial charge in [0.05, 0.1) is 0 Å². The minimum absolute atomic E-state index is 0.624. The standard InChI is InChI=1S/C25H28OS/c1-18(2)14-20-7-10-23-16-24(12-11-22(23)15-20)26-17-19-5-8-21(9-6-19)25-4-3-13-27-25/h3-6,8-9,11-13,16,18,20H,7,10,14-15,17H2,1-2H3. The zero-order chi connectivity index (χ0) is 18.6. The Morgan fingerprint density at radius 1 is 1.04 bits per heavy atom. The van der Waals surface area contributed by atoms with Crippen LogP contribution in [0.15, 0.2) is 60.0 Å². The molecule has 0 amide bonds. The van der Waals surface area contributed by atoms with Crippen molar-refractivity contribution in [2.45, 2.75) is 46.1 Å². The van der Waals surface area contributed by atoms with E-state index in [0.29, 0.717) is 6.61 Å². The molecule has 1 unspecified atom stereocenters. The normalized spacial score (nSPS) is 16.3. The molecule has 1 aromatic heterocycles. The van der Waals surface area contributed by atoms with Crippen LogP contribution in [0.1, 0.15) is 43.4 Å². The van der Waals surface area contributed by atoms with Crippen LogP contribution in [0, 0.1) is 11.8 Å². The van der Waals surface area contributed by atoms with E-state index in [-0.39, 0.29) is 0 Å². The molecule has 0 saturated carbocycles. The van der Waals surface area contributed by atoms with E-state index in [9.17, 15) is 0 Å². The molecule has 1 atom stereocenters. The van der Waals surface area contributed by atoms with E-state index in [1.165, 1.54) is 52.8 Å². The molecule has 3 aromatic rings. The van der Waals surface area contributed by atoms with Gasteiger partial charge < -0.3 is 4.74 Å². The van der Waals surface area contributed by atoms with E-state index in [0.717, 1.165) is 17.6 Å². The van der Waals surface area contributed by atoms with Crippen molar-refractivity contribution >= 4 is 11.3 Å². The molecular formula is C25H28OS. The van der Waals surface area contributed by atoms with Crippen molar-refractivity contribution in [2.75, 3.05) is 0 Å². The van der Waals surface area contributed by atoms with Gasteiger partial charge in [-0.2, -0.15) is 0 Å². The van der Waals surface area contributed by atoms with Gasteiger partial charge in [0.1, 0.15) is 12.4 Å². The highest BCUT2D eigenvalue weighted by molar-refractivity contribution is 7.13. The van der Waals surface area contributed by atoms with Crippen molar-refractivity contribution in [2.24, 2.45) is 11.8 Å². The van der Waals surface area contributed by atoms with Crippen molar-refractivity contribution in [3.05, 3.63) is 76.7 Å². The molecule has 2 heteroatoms. The largest absolute Gasteiger partial charge is 0.489 e. The average Bonchev–Trinajstić information content (AvgIpc) is 3.21. The lowest BCUT2D eigenvalue weighted by Crippen LogP contribution is -2.16. The summed E-state index contributed by atoms with van der Waals surface area (Å²) in [5, 5.41) is 2.12. The van der Waals surface area contributed by atoms with Crippen LogP contribution in [0.2, 0.25) is 0 Å². The van der Waals surface area contributed by atoms with E-state index in [1.54, 1.807) is 11.3 Å². The highest BCUT2D eigenvalue weighted by atomic mass is 32.1. The number of benzene rings is 2. The molecule has 2 aromatic carbocycles. The lowest BCUT2D eigenvalue weighted by atomic mass is 9.80. The molecule has 0 aliphatic heterocycles. The van der Waals surface area contributed by atoms with Gasteiger partial charge in [-0.25, -0.2) is 0 Å². The second-order valence-corrected chi connectivity index (χ2v) is 9.08. The quantitative estimate of drug-likeness (QED) is 0.444. The molecule has 0 radical (unpaired) electrons. The van der Waals surface area contributed by atoms with E-state index < -0.39 is 0 Å². The van der Waals surface area contributed by atoms with Crippen LogP contribution in [-0.2, 0) is 19.4 Å². The maximum atomic E-state index is 6.08. The Labute approximate surface area is 167 Å². The number of thiophene rings is 1. The summed E-state index contributed by atoms with van der Waals surface area (Å²) in [4.78, 5) is 1.31. The third-order valence-electron chi connectivity index (χ3n) is 5.48. The molecule has 0 spiro atoms. The summed E-state index contributed by atoms with van der Waals surface area (Å²) in [6, 6.07) is 19.7. The molecule has 1 aliphatic carbocycles. The third kappa shape index (κ3) is 4.62. The number of hydrogen-bond donors (Lipinski definition) is 0. The van der Waals surface area contributed by atoms with Crippen LogP contribution in [0.3, 0.4) is 0 Å². The fraction of sp³-hybridized carbons (Fsp3) is 0.360. The van der Waals surface area contributed by atoms with Crippen LogP contribution < -0.4 is 4.74 Å². The van der Waals surface area contributed by atoms with Crippen LogP contribution >= 0.6 is 11.3 Å². The molecular weight excluding hydrogens is 348 g/mol. The van der Waals surface area contributed by atoms with Gasteiger partial charge in [-0.05, 0) is 83.4 Å². The minimum Gasteiger partial charge on any atom is -0.489 e. The maximum Gasteiger partial charge on any atom is 0.120 e. The van der Waals surface area contributed by atoms with Gasteiger partial charge in [-0.15, -0.1) is 11.3 Å². The predicted molar refractivity (Wildman–Crippen MR) is 115 cm³/mol. The van der Waals surface area contributed by atoms with E-state index in [1.807, 2.05) is 0 Å². The Balaban J connectivity index is 1.37. The first-order valence-electron chi connectivity index (χ1n) is 10.0. The molecule has 1 aliphatic rings. The molecule has 0 bridgehead atoms. The highest BCUT2D eigenvalue weighted by Crippen LogP contribution is 2.32. The van der Waals surface area contributed by atoms with Gasteiger partial charge in [0.15, 0.2) is 0 Å². The molecule has 1 heterocycles. The van der Waals surface area contributed by atoms with E-state index >= 15 is 0 Å². The summed E-state index contributed by atoms with van der Waals surface area (Å²) < 4.78 is 6.08. The van der Waals surface area contributed by atoms with Gasteiger partial charge in [0, 0.05) is 4.88 Å². The number of aryl methyl sites for hydroxylation is 1. The summed E-state index contributed by atoms with van der Waals surface area (Å²) in [7, 11) is 0. The molecule has 0 saturated heterocycles. The zero-order valence-electron chi connectivity index (χ0n) is 16.3. The summed E-state index contributed by atoms with van der Waals surface area (Å²) >= 11 is 1.78. The van der Waals surface area contributed by atoms with E-state index in [4.69, 9.17) is 4.74 Å². The number of rotatable bonds is 6. The van der Waals surface area contributed by atoms with Gasteiger partial charge in [-0.3, -0.25) is 0 Å². The van der Waals surface area contributed by atoms with Gasteiger partial charge in [-0.1, -0.05) is 50.2 Å². The molecule has 0 N–H and O–H groups in total. The van der Waals surface area contributed by atoms with Crippen molar-refractivity contribution < 1.29 is 4.74 Å². The Kier molecular flexibility index (Phi) is 5.63. The van der Waals surface area contributed by atoms with Crippen molar-refractivity contribution in [3.8, 4) is 16.2 Å². The Morgan fingerprint density at radius 2 is 1.89 bits per heavy atom. The Bertz CT molecular complexity index is 862. The van der Waals surface area contributed by atoms with Crippen LogP contribution in [-0.4, -0.2) is 0 Å². The molecule has 0 fully saturated rings. The number of hydrogen-bond acceptors (Lipinski definition) is 2. The first-order chi connectivity index (χ1) is 13.2. The maximum absolute atomic E-state index is 6.08. The van der Waals surface area contributed by atoms with Crippen LogP contribution in [0.25, 0.3) is 10.4 Å². The fourth-order valence-corrected chi connectivity index (χ4v) is 4.87. The van der Waals surface area contributed by atoms with E-state index in [2.05, 4.69) is 73.8 Å². The highest BCUT2D eigenvalue weighted by Gasteiger charge is 2.19. The lowest BCUT2D eigenvalue weighted by Gasteiger charge is -2.26. The van der Waals surface area contributed by atoms with Crippen molar-refractivity contribution in [3.63, 3.8) is 0 Å². The lowest BCUT2D eigenvalue weighted by molar-refractivity contribution is 0.305. The first-order valence-corrected chi connectivity index (χ1v) is 10.9. The summed E-state index contributed by atoms with van der Waals surface area (Å²) in [5.74, 6) is 2.65. The topological polar surface area (TPSA) is 9.23 Å². The average molecular weight is 377 g/mol. The van der Waals surface area contributed by atoms with Crippen LogP contribution in [0.5, 0.6) is 5.75 Å². The van der Waals surface area contributed by atoms with Crippen molar-refractivity contribution in [1.82, 2.24) is 0 Å². The summed E-state index contributed by atoms with van der Waals surface area (Å²) in [5.41, 5.74) is 5.50. The van der Waals surface area contributed by atoms with Gasteiger partial charge in [0.25, 0.3) is 0 Å². The second kappa shape index (κ2) is 8.31. The van der Waals surface area contributed by atoms with Gasteiger partial charge in [0.2, 0.25) is 0 Å². The summed E-state index contributed by atoms with van der Waals surface area (Å²) in [6.45, 7) is 5.29. The molecule has 1 nitrogen and oxygen atoms in total. The van der Waals surface area contributed by atoms with Gasteiger partial charge >= 0.3 is 0 Å². The second-order valence-electron chi connectivity index (χ2n) is 8.13. The first kappa shape index (κ1) is 18.3. The monoisotopic (exact) mass is 376 g/mol. The molecule has 4 rings (SSSR count). The third-order valence-corrected chi connectivity index (χ3v) is 6.40. The number of ether oxygens (including phenoxy) is 1. The molecule has 140 valence electrons.